The lowest BCUT2D eigenvalue weighted by Gasteiger charge is -2.07. The van der Waals surface area contributed by atoms with Crippen LogP contribution in [0, 0.1) is 3.57 Å². The summed E-state index contributed by atoms with van der Waals surface area (Å²) in [6.07, 6.45) is 0. The van der Waals surface area contributed by atoms with Crippen LogP contribution in [0.5, 0.6) is 0 Å². The molecule has 0 aliphatic rings. The Kier molecular flexibility index (Phi) is 4.52. The summed E-state index contributed by atoms with van der Waals surface area (Å²) in [7, 11) is 0. The van der Waals surface area contributed by atoms with Crippen LogP contribution in [0.25, 0.3) is 0 Å². The molecule has 0 spiro atoms. The first-order chi connectivity index (χ1) is 7.66. The van der Waals surface area contributed by atoms with E-state index in [1.165, 1.54) is 4.88 Å². The highest BCUT2D eigenvalue weighted by atomic mass is 127. The molecule has 0 unspecified atom stereocenters. The van der Waals surface area contributed by atoms with Crippen LogP contribution >= 0.6 is 61.5 Å². The van der Waals surface area contributed by atoms with E-state index in [0.29, 0.717) is 0 Å². The molecule has 0 saturated heterocycles. The number of benzene rings is 1. The van der Waals surface area contributed by atoms with Crippen LogP contribution < -0.4 is 5.32 Å². The van der Waals surface area contributed by atoms with E-state index in [0.717, 1.165) is 25.3 Å². The fourth-order valence-corrected chi connectivity index (χ4v) is 3.61. The van der Waals surface area contributed by atoms with Gasteiger partial charge in [0, 0.05) is 12.9 Å². The van der Waals surface area contributed by atoms with Crippen molar-refractivity contribution in [2.45, 2.75) is 6.54 Å². The summed E-state index contributed by atoms with van der Waals surface area (Å²) in [6, 6.07) is 8.05. The molecule has 0 aliphatic heterocycles. The molecule has 1 N–H and O–H groups in total. The fourth-order valence-electron chi connectivity index (χ4n) is 1.26. The molecule has 2 aromatic rings. The maximum absolute atomic E-state index is 6.13. The van der Waals surface area contributed by atoms with Gasteiger partial charge in [0.2, 0.25) is 0 Å². The van der Waals surface area contributed by atoms with Gasteiger partial charge in [0.25, 0.3) is 0 Å². The Bertz CT molecular complexity index is 500. The van der Waals surface area contributed by atoms with E-state index < -0.39 is 0 Å². The number of anilines is 1. The average Bonchev–Trinajstić information content (AvgIpc) is 2.63. The minimum Gasteiger partial charge on any atom is -0.379 e. The highest BCUT2D eigenvalue weighted by Gasteiger charge is 2.03. The van der Waals surface area contributed by atoms with Crippen LogP contribution in [0.2, 0.25) is 5.02 Å². The minimum absolute atomic E-state index is 0.763. The van der Waals surface area contributed by atoms with Crippen molar-refractivity contribution in [2.75, 3.05) is 5.32 Å². The zero-order chi connectivity index (χ0) is 11.5. The Morgan fingerprint density at radius 1 is 1.38 bits per heavy atom. The van der Waals surface area contributed by atoms with Crippen molar-refractivity contribution < 1.29 is 0 Å². The molecular formula is C11H8BrClINS. The predicted molar refractivity (Wildman–Crippen MR) is 83.5 cm³/mol. The van der Waals surface area contributed by atoms with Gasteiger partial charge in [-0.15, -0.1) is 11.3 Å². The van der Waals surface area contributed by atoms with Crippen LogP contribution in [0.15, 0.2) is 34.1 Å². The van der Waals surface area contributed by atoms with Gasteiger partial charge in [-0.05, 0) is 68.2 Å². The molecule has 1 heterocycles. The molecule has 1 aromatic heterocycles. The normalized spacial score (nSPS) is 10.4. The highest BCUT2D eigenvalue weighted by molar-refractivity contribution is 14.1. The predicted octanol–water partition coefficient (Wildman–Crippen LogP) is 5.38. The van der Waals surface area contributed by atoms with Gasteiger partial charge >= 0.3 is 0 Å². The fraction of sp³-hybridized carbons (Fsp3) is 0.0909. The maximum Gasteiger partial charge on any atom is 0.0648 e. The molecule has 0 saturated carbocycles. The standard InChI is InChI=1S/C11H8BrClINS/c12-8-3-4-16-11(8)6-15-10-2-1-7(14)5-9(10)13/h1-5,15H,6H2. The molecule has 84 valence electrons. The van der Waals surface area contributed by atoms with Gasteiger partial charge in [-0.25, -0.2) is 0 Å². The second kappa shape index (κ2) is 5.71. The molecule has 0 bridgehead atoms. The zero-order valence-electron chi connectivity index (χ0n) is 8.14. The van der Waals surface area contributed by atoms with E-state index in [2.05, 4.69) is 55.3 Å². The van der Waals surface area contributed by atoms with Crippen LogP contribution in [0.4, 0.5) is 5.69 Å². The lowest BCUT2D eigenvalue weighted by molar-refractivity contribution is 1.18. The van der Waals surface area contributed by atoms with Crippen molar-refractivity contribution in [1.82, 2.24) is 0 Å². The summed E-state index contributed by atoms with van der Waals surface area (Å²) in [5.74, 6) is 0. The number of halogens is 3. The molecule has 2 rings (SSSR count). The number of rotatable bonds is 3. The molecule has 5 heteroatoms. The van der Waals surface area contributed by atoms with Crippen LogP contribution in [-0.4, -0.2) is 0 Å². The molecule has 0 radical (unpaired) electrons. The summed E-state index contributed by atoms with van der Waals surface area (Å²) in [5, 5.41) is 6.16. The first-order valence-corrected chi connectivity index (χ1v) is 7.70. The first-order valence-electron chi connectivity index (χ1n) is 4.57. The highest BCUT2D eigenvalue weighted by Crippen LogP contribution is 2.27. The van der Waals surface area contributed by atoms with E-state index in [9.17, 15) is 0 Å². The molecule has 0 amide bonds. The number of hydrogen-bond donors (Lipinski definition) is 1. The zero-order valence-corrected chi connectivity index (χ0v) is 13.5. The second-order valence-electron chi connectivity index (χ2n) is 3.17. The largest absolute Gasteiger partial charge is 0.379 e. The molecule has 1 aromatic carbocycles. The van der Waals surface area contributed by atoms with Crippen molar-refractivity contribution in [2.24, 2.45) is 0 Å². The van der Waals surface area contributed by atoms with E-state index in [4.69, 9.17) is 11.6 Å². The molecule has 0 aliphatic carbocycles. The third kappa shape index (κ3) is 3.12. The summed E-state index contributed by atoms with van der Waals surface area (Å²) >= 11 is 13.6. The van der Waals surface area contributed by atoms with Crippen molar-refractivity contribution in [3.63, 3.8) is 0 Å². The van der Waals surface area contributed by atoms with Gasteiger partial charge in [0.15, 0.2) is 0 Å². The van der Waals surface area contributed by atoms with Crippen molar-refractivity contribution in [3.8, 4) is 0 Å². The Labute approximate surface area is 125 Å². The smallest absolute Gasteiger partial charge is 0.0648 e. The Morgan fingerprint density at radius 3 is 2.81 bits per heavy atom. The van der Waals surface area contributed by atoms with Gasteiger partial charge < -0.3 is 5.32 Å². The van der Waals surface area contributed by atoms with E-state index in [-0.39, 0.29) is 0 Å². The molecular weight excluding hydrogens is 420 g/mol. The average molecular weight is 429 g/mol. The minimum atomic E-state index is 0.763. The van der Waals surface area contributed by atoms with Crippen LogP contribution in [0.1, 0.15) is 4.88 Å². The number of hydrogen-bond acceptors (Lipinski definition) is 2. The van der Waals surface area contributed by atoms with Crippen molar-refractivity contribution >= 4 is 67.1 Å². The summed E-state index contributed by atoms with van der Waals surface area (Å²) < 4.78 is 2.29. The van der Waals surface area contributed by atoms with Crippen LogP contribution in [-0.2, 0) is 6.54 Å². The lowest BCUT2D eigenvalue weighted by Crippen LogP contribution is -1.98. The van der Waals surface area contributed by atoms with Gasteiger partial charge in [0.05, 0.1) is 17.3 Å². The van der Waals surface area contributed by atoms with E-state index >= 15 is 0 Å². The van der Waals surface area contributed by atoms with Crippen LogP contribution in [0.3, 0.4) is 0 Å². The summed E-state index contributed by atoms with van der Waals surface area (Å²) in [4.78, 5) is 1.27. The molecule has 1 nitrogen and oxygen atoms in total. The SMILES string of the molecule is Clc1cc(I)ccc1NCc1sccc1Br. The monoisotopic (exact) mass is 427 g/mol. The lowest BCUT2D eigenvalue weighted by atomic mass is 10.3. The van der Waals surface area contributed by atoms with Gasteiger partial charge in [0.1, 0.15) is 0 Å². The molecule has 0 atom stereocenters. The second-order valence-corrected chi connectivity index (χ2v) is 6.68. The number of nitrogens with one attached hydrogen (secondary N) is 1. The van der Waals surface area contributed by atoms with Crippen molar-refractivity contribution in [3.05, 3.63) is 47.6 Å². The quantitative estimate of drug-likeness (QED) is 0.647. The third-order valence-corrected chi connectivity index (χ3v) is 4.97. The third-order valence-electron chi connectivity index (χ3n) is 2.06. The topological polar surface area (TPSA) is 12.0 Å². The first kappa shape index (κ1) is 12.7. The molecule has 0 fully saturated rings. The maximum atomic E-state index is 6.13. The van der Waals surface area contributed by atoms with Gasteiger partial charge in [-0.2, -0.15) is 0 Å². The Hall–Kier alpha value is 0.220. The molecule has 16 heavy (non-hydrogen) atoms. The number of thiophene rings is 1. The van der Waals surface area contributed by atoms with Crippen molar-refractivity contribution in [1.29, 1.82) is 0 Å². The summed E-state index contributed by atoms with van der Waals surface area (Å²) in [5.41, 5.74) is 0.974. The summed E-state index contributed by atoms with van der Waals surface area (Å²) in [6.45, 7) is 0.790. The van der Waals surface area contributed by atoms with E-state index in [1.807, 2.05) is 18.2 Å². The van der Waals surface area contributed by atoms with E-state index in [1.54, 1.807) is 11.3 Å². The van der Waals surface area contributed by atoms with Gasteiger partial charge in [-0.3, -0.25) is 0 Å². The Balaban J connectivity index is 2.08. The van der Waals surface area contributed by atoms with Gasteiger partial charge in [-0.1, -0.05) is 11.6 Å². The Morgan fingerprint density at radius 2 is 2.19 bits per heavy atom.